The zero-order chi connectivity index (χ0) is 18.0. The molecule has 0 atom stereocenters. The molecular formula is C20H19ClFN3. The summed E-state index contributed by atoms with van der Waals surface area (Å²) in [5.41, 5.74) is 2.97. The molecule has 3 nitrogen and oxygen atoms in total. The van der Waals surface area contributed by atoms with E-state index in [2.05, 4.69) is 48.2 Å². The molecule has 25 heavy (non-hydrogen) atoms. The van der Waals surface area contributed by atoms with Crippen molar-refractivity contribution in [2.24, 2.45) is 0 Å². The minimum Gasteiger partial charge on any atom is -0.340 e. The van der Waals surface area contributed by atoms with E-state index in [1.807, 2.05) is 12.1 Å². The predicted octanol–water partition coefficient (Wildman–Crippen LogP) is 5.98. The number of nitrogens with one attached hydrogen (secondary N) is 1. The zero-order valence-corrected chi connectivity index (χ0v) is 15.1. The first-order valence-corrected chi connectivity index (χ1v) is 8.37. The summed E-state index contributed by atoms with van der Waals surface area (Å²) >= 11 is 6.12. The van der Waals surface area contributed by atoms with Crippen molar-refractivity contribution in [2.75, 3.05) is 5.32 Å². The normalized spacial score (nSPS) is 11.4. The Bertz CT molecular complexity index is 869. The molecular weight excluding hydrogens is 337 g/mol. The zero-order valence-electron chi connectivity index (χ0n) is 14.3. The summed E-state index contributed by atoms with van der Waals surface area (Å²) < 4.78 is 13.1. The molecule has 0 unspecified atom stereocenters. The van der Waals surface area contributed by atoms with Gasteiger partial charge < -0.3 is 5.32 Å². The van der Waals surface area contributed by atoms with Crippen molar-refractivity contribution in [1.82, 2.24) is 9.97 Å². The van der Waals surface area contributed by atoms with Crippen LogP contribution in [0.4, 0.5) is 15.9 Å². The van der Waals surface area contributed by atoms with Crippen molar-refractivity contribution < 1.29 is 4.39 Å². The Balaban J connectivity index is 1.87. The molecule has 1 heterocycles. The third-order valence-electron chi connectivity index (χ3n) is 3.82. The molecule has 0 fully saturated rings. The quantitative estimate of drug-likeness (QED) is 0.587. The maximum Gasteiger partial charge on any atom is 0.163 e. The molecule has 0 bridgehead atoms. The molecule has 0 aliphatic heterocycles. The van der Waals surface area contributed by atoms with Crippen LogP contribution in [0.3, 0.4) is 0 Å². The Morgan fingerprint density at radius 2 is 1.56 bits per heavy atom. The van der Waals surface area contributed by atoms with Gasteiger partial charge in [0.25, 0.3) is 0 Å². The van der Waals surface area contributed by atoms with E-state index >= 15 is 0 Å². The first-order valence-electron chi connectivity index (χ1n) is 7.99. The van der Waals surface area contributed by atoms with Crippen LogP contribution in [-0.2, 0) is 5.41 Å². The molecule has 0 spiro atoms. The van der Waals surface area contributed by atoms with Gasteiger partial charge in [0.2, 0.25) is 0 Å². The third kappa shape index (κ3) is 4.34. The fourth-order valence-electron chi connectivity index (χ4n) is 2.41. The van der Waals surface area contributed by atoms with E-state index in [4.69, 9.17) is 11.6 Å². The van der Waals surface area contributed by atoms with Gasteiger partial charge in [0, 0.05) is 17.3 Å². The minimum absolute atomic E-state index is 0.104. The van der Waals surface area contributed by atoms with Gasteiger partial charge >= 0.3 is 0 Å². The standard InChI is InChI=1S/C20H19ClFN3/c1-20(2,3)14-6-10-16(11-7-14)23-18-12-17(21)24-19(25-18)13-4-8-15(22)9-5-13/h4-12H,1-3H3,(H,23,24,25). The van der Waals surface area contributed by atoms with Crippen LogP contribution >= 0.6 is 11.6 Å². The molecule has 0 saturated heterocycles. The van der Waals surface area contributed by atoms with E-state index in [1.165, 1.54) is 17.7 Å². The topological polar surface area (TPSA) is 37.8 Å². The van der Waals surface area contributed by atoms with Crippen LogP contribution in [0, 0.1) is 5.82 Å². The smallest absolute Gasteiger partial charge is 0.163 e. The summed E-state index contributed by atoms with van der Waals surface area (Å²) in [6.45, 7) is 6.53. The molecule has 2 aromatic carbocycles. The van der Waals surface area contributed by atoms with Crippen molar-refractivity contribution in [2.45, 2.75) is 26.2 Å². The second kappa shape index (κ2) is 6.81. The molecule has 1 aromatic heterocycles. The third-order valence-corrected chi connectivity index (χ3v) is 4.01. The van der Waals surface area contributed by atoms with Crippen LogP contribution < -0.4 is 5.32 Å². The second-order valence-electron chi connectivity index (χ2n) is 6.86. The van der Waals surface area contributed by atoms with Crippen LogP contribution in [0.25, 0.3) is 11.4 Å². The van der Waals surface area contributed by atoms with Gasteiger partial charge in [0.1, 0.15) is 16.8 Å². The number of rotatable bonds is 3. The van der Waals surface area contributed by atoms with Gasteiger partial charge in [-0.15, -0.1) is 0 Å². The number of nitrogens with zero attached hydrogens (tertiary/aromatic N) is 2. The lowest BCUT2D eigenvalue weighted by Gasteiger charge is -2.19. The fraction of sp³-hybridized carbons (Fsp3) is 0.200. The molecule has 1 N–H and O–H groups in total. The lowest BCUT2D eigenvalue weighted by Crippen LogP contribution is -2.10. The molecule has 0 aliphatic rings. The highest BCUT2D eigenvalue weighted by Crippen LogP contribution is 2.26. The maximum atomic E-state index is 13.1. The molecule has 0 aliphatic carbocycles. The predicted molar refractivity (Wildman–Crippen MR) is 101 cm³/mol. The summed E-state index contributed by atoms with van der Waals surface area (Å²) in [5, 5.41) is 3.56. The molecule has 128 valence electrons. The summed E-state index contributed by atoms with van der Waals surface area (Å²) in [5.74, 6) is 0.729. The van der Waals surface area contributed by atoms with Crippen molar-refractivity contribution >= 4 is 23.1 Å². The summed E-state index contributed by atoms with van der Waals surface area (Å²) in [6, 6.07) is 15.9. The van der Waals surface area contributed by atoms with E-state index < -0.39 is 0 Å². The minimum atomic E-state index is -0.303. The van der Waals surface area contributed by atoms with Gasteiger partial charge in [-0.05, 0) is 47.4 Å². The SMILES string of the molecule is CC(C)(C)c1ccc(Nc2cc(Cl)nc(-c3ccc(F)cc3)n2)cc1. The monoisotopic (exact) mass is 355 g/mol. The molecule has 5 heteroatoms. The number of aromatic nitrogens is 2. The van der Waals surface area contributed by atoms with Crippen molar-refractivity contribution in [3.05, 3.63) is 71.1 Å². The molecule has 0 saturated carbocycles. The van der Waals surface area contributed by atoms with Crippen LogP contribution in [-0.4, -0.2) is 9.97 Å². The first-order chi connectivity index (χ1) is 11.8. The maximum absolute atomic E-state index is 13.1. The summed E-state index contributed by atoms with van der Waals surface area (Å²) in [6.07, 6.45) is 0. The highest BCUT2D eigenvalue weighted by atomic mass is 35.5. The van der Waals surface area contributed by atoms with E-state index in [1.54, 1.807) is 18.2 Å². The first kappa shape index (κ1) is 17.4. The van der Waals surface area contributed by atoms with E-state index in [-0.39, 0.29) is 11.2 Å². The van der Waals surface area contributed by atoms with Crippen molar-refractivity contribution in [3.8, 4) is 11.4 Å². The number of anilines is 2. The highest BCUT2D eigenvalue weighted by molar-refractivity contribution is 6.29. The van der Waals surface area contributed by atoms with Gasteiger partial charge in [-0.3, -0.25) is 0 Å². The van der Waals surface area contributed by atoms with Gasteiger partial charge in [-0.1, -0.05) is 44.5 Å². The number of hydrogen-bond acceptors (Lipinski definition) is 3. The lowest BCUT2D eigenvalue weighted by atomic mass is 9.87. The Kier molecular flexibility index (Phi) is 4.73. The largest absolute Gasteiger partial charge is 0.340 e. The van der Waals surface area contributed by atoms with Gasteiger partial charge in [-0.2, -0.15) is 0 Å². The van der Waals surface area contributed by atoms with Gasteiger partial charge in [0.15, 0.2) is 5.82 Å². The average molecular weight is 356 g/mol. The van der Waals surface area contributed by atoms with E-state index in [9.17, 15) is 4.39 Å². The number of benzene rings is 2. The molecule has 0 amide bonds. The molecule has 3 rings (SSSR count). The summed E-state index contributed by atoms with van der Waals surface area (Å²) in [7, 11) is 0. The van der Waals surface area contributed by atoms with Gasteiger partial charge in [-0.25, -0.2) is 14.4 Å². The Morgan fingerprint density at radius 3 is 2.16 bits per heavy atom. The van der Waals surface area contributed by atoms with E-state index in [0.717, 1.165) is 5.69 Å². The summed E-state index contributed by atoms with van der Waals surface area (Å²) in [4.78, 5) is 8.68. The van der Waals surface area contributed by atoms with Crippen molar-refractivity contribution in [1.29, 1.82) is 0 Å². The van der Waals surface area contributed by atoms with Crippen LogP contribution in [0.1, 0.15) is 26.3 Å². The second-order valence-corrected chi connectivity index (χ2v) is 7.25. The fourth-order valence-corrected chi connectivity index (χ4v) is 2.59. The van der Waals surface area contributed by atoms with Gasteiger partial charge in [0.05, 0.1) is 0 Å². The highest BCUT2D eigenvalue weighted by Gasteiger charge is 2.13. The van der Waals surface area contributed by atoms with Crippen molar-refractivity contribution in [3.63, 3.8) is 0 Å². The number of hydrogen-bond donors (Lipinski definition) is 1. The number of halogens is 2. The average Bonchev–Trinajstić information content (AvgIpc) is 2.54. The van der Waals surface area contributed by atoms with Crippen LogP contribution in [0.2, 0.25) is 5.15 Å². The molecule has 0 radical (unpaired) electrons. The van der Waals surface area contributed by atoms with Crippen LogP contribution in [0.5, 0.6) is 0 Å². The lowest BCUT2D eigenvalue weighted by molar-refractivity contribution is 0.590. The van der Waals surface area contributed by atoms with Crippen LogP contribution in [0.15, 0.2) is 54.6 Å². The van der Waals surface area contributed by atoms with E-state index in [0.29, 0.717) is 22.4 Å². The Labute approximate surface area is 151 Å². The Hall–Kier alpha value is -2.46. The Morgan fingerprint density at radius 1 is 0.920 bits per heavy atom. The molecule has 3 aromatic rings.